The summed E-state index contributed by atoms with van der Waals surface area (Å²) in [5.74, 6) is 0.977. The topological polar surface area (TPSA) is 124 Å². The number of nitriles is 1. The summed E-state index contributed by atoms with van der Waals surface area (Å²) >= 11 is 6.42. The van der Waals surface area contributed by atoms with Gasteiger partial charge in [0.25, 0.3) is 0 Å². The highest BCUT2D eigenvalue weighted by molar-refractivity contribution is 6.32. The highest BCUT2D eigenvalue weighted by atomic mass is 35.5. The molecule has 174 valence electrons. The minimum atomic E-state index is -0.523. The van der Waals surface area contributed by atoms with Gasteiger partial charge in [-0.15, -0.1) is 5.10 Å². The van der Waals surface area contributed by atoms with E-state index in [-0.39, 0.29) is 13.2 Å². The Labute approximate surface area is 199 Å². The molecule has 4 aromatic rings. The van der Waals surface area contributed by atoms with Crippen molar-refractivity contribution in [2.45, 2.75) is 20.1 Å². The number of fused-ring (bicyclic) bond motifs is 1. The van der Waals surface area contributed by atoms with Crippen molar-refractivity contribution in [3.05, 3.63) is 59.0 Å². The van der Waals surface area contributed by atoms with Crippen LogP contribution in [0, 0.1) is 11.3 Å². The summed E-state index contributed by atoms with van der Waals surface area (Å²) in [7, 11) is 0. The van der Waals surface area contributed by atoms with Crippen molar-refractivity contribution in [1.82, 2.24) is 20.0 Å². The Kier molecular flexibility index (Phi) is 6.94. The van der Waals surface area contributed by atoms with Gasteiger partial charge >= 0.3 is 0 Å². The molecule has 34 heavy (non-hydrogen) atoms. The highest BCUT2D eigenvalue weighted by Gasteiger charge is 2.14. The number of nitrogens with two attached hydrogens (primary N) is 1. The van der Waals surface area contributed by atoms with Crippen LogP contribution in [-0.4, -0.2) is 33.3 Å². The van der Waals surface area contributed by atoms with Crippen LogP contribution in [0.1, 0.15) is 18.2 Å². The van der Waals surface area contributed by atoms with E-state index in [1.807, 2.05) is 6.92 Å². The maximum atomic E-state index is 12.4. The first-order chi connectivity index (χ1) is 16.5. The van der Waals surface area contributed by atoms with E-state index in [0.29, 0.717) is 62.4 Å². The maximum Gasteiger partial charge on any atom is 0.144 e. The van der Waals surface area contributed by atoms with Crippen molar-refractivity contribution in [1.29, 1.82) is 5.26 Å². The summed E-state index contributed by atoms with van der Waals surface area (Å²) in [6.07, 6.45) is 3.11. The molecule has 0 atom stereocenters. The first-order valence-corrected chi connectivity index (χ1v) is 10.8. The van der Waals surface area contributed by atoms with Gasteiger partial charge in [0.15, 0.2) is 0 Å². The van der Waals surface area contributed by atoms with Gasteiger partial charge in [-0.1, -0.05) is 16.8 Å². The van der Waals surface area contributed by atoms with Gasteiger partial charge in [-0.3, -0.25) is 4.98 Å². The fraction of sp³-hybridized carbons (Fsp3) is 0.217. The highest BCUT2D eigenvalue weighted by Crippen LogP contribution is 2.36. The molecule has 2 heterocycles. The van der Waals surface area contributed by atoms with Crippen molar-refractivity contribution in [2.24, 2.45) is 0 Å². The molecular weight excluding hydrogens is 461 g/mol. The molecule has 4 rings (SSSR count). The molecule has 0 unspecified atom stereocenters. The third-order valence-corrected chi connectivity index (χ3v) is 5.19. The van der Waals surface area contributed by atoms with Gasteiger partial charge in [0.05, 0.1) is 46.8 Å². The molecule has 0 saturated carbocycles. The Morgan fingerprint density at radius 2 is 2.09 bits per heavy atom. The number of hydrogen-bond acceptors (Lipinski definition) is 8. The van der Waals surface area contributed by atoms with Crippen molar-refractivity contribution < 1.29 is 13.9 Å². The van der Waals surface area contributed by atoms with Crippen LogP contribution < -0.4 is 20.5 Å². The Hall–Kier alpha value is -4.10. The monoisotopic (exact) mass is 481 g/mol. The van der Waals surface area contributed by atoms with Crippen LogP contribution >= 0.6 is 11.6 Å². The van der Waals surface area contributed by atoms with Gasteiger partial charge in [0.1, 0.15) is 36.5 Å². The number of nitrogen functional groups attached to an aromatic ring is 1. The number of anilines is 3. The average Bonchev–Trinajstić information content (AvgIpc) is 3.27. The maximum absolute atomic E-state index is 12.4. The summed E-state index contributed by atoms with van der Waals surface area (Å²) in [4.78, 5) is 4.36. The van der Waals surface area contributed by atoms with E-state index >= 15 is 0 Å². The zero-order chi connectivity index (χ0) is 24.1. The quantitative estimate of drug-likeness (QED) is 0.332. The van der Waals surface area contributed by atoms with Gasteiger partial charge in [0, 0.05) is 23.3 Å². The smallest absolute Gasteiger partial charge is 0.144 e. The van der Waals surface area contributed by atoms with Crippen LogP contribution in [0.5, 0.6) is 11.5 Å². The molecule has 0 bridgehead atoms. The lowest BCUT2D eigenvalue weighted by molar-refractivity contribution is 0.301. The van der Waals surface area contributed by atoms with Crippen LogP contribution in [0.3, 0.4) is 0 Å². The van der Waals surface area contributed by atoms with Crippen molar-refractivity contribution >= 4 is 39.6 Å². The van der Waals surface area contributed by atoms with Crippen LogP contribution in [0.15, 0.2) is 42.7 Å². The summed E-state index contributed by atoms with van der Waals surface area (Å²) in [5, 5.41) is 21.6. The predicted octanol–water partition coefficient (Wildman–Crippen LogP) is 4.62. The first-order valence-electron chi connectivity index (χ1n) is 10.4. The molecule has 0 aliphatic rings. The lowest BCUT2D eigenvalue weighted by atomic mass is 10.1. The normalized spacial score (nSPS) is 10.8. The molecule has 0 saturated heterocycles. The minimum Gasteiger partial charge on any atom is -0.492 e. The van der Waals surface area contributed by atoms with Crippen LogP contribution in [0.2, 0.25) is 5.02 Å². The second-order valence-electron chi connectivity index (χ2n) is 7.22. The SMILES string of the molecule is CCOc1cc2ncc(C#N)c(Nc3ccc(OCc4cn(CCF)nn4)c(Cl)c3)c2cc1N. The predicted molar refractivity (Wildman–Crippen MR) is 127 cm³/mol. The number of aromatic nitrogens is 4. The molecule has 0 aliphatic carbocycles. The molecule has 9 nitrogen and oxygen atoms in total. The third kappa shape index (κ3) is 4.94. The molecule has 2 aromatic carbocycles. The molecule has 0 spiro atoms. The molecule has 0 fully saturated rings. The minimum absolute atomic E-state index is 0.133. The van der Waals surface area contributed by atoms with E-state index in [0.717, 1.165) is 0 Å². The Balaban J connectivity index is 1.57. The lowest BCUT2D eigenvalue weighted by Crippen LogP contribution is -2.01. The second-order valence-corrected chi connectivity index (χ2v) is 7.63. The van der Waals surface area contributed by atoms with E-state index < -0.39 is 6.67 Å². The van der Waals surface area contributed by atoms with Gasteiger partial charge < -0.3 is 20.5 Å². The first kappa shape index (κ1) is 23.1. The zero-order valence-electron chi connectivity index (χ0n) is 18.3. The Morgan fingerprint density at radius 1 is 1.24 bits per heavy atom. The number of pyridine rings is 1. The summed E-state index contributed by atoms with van der Waals surface area (Å²) in [5.41, 5.74) is 9.31. The van der Waals surface area contributed by atoms with Crippen molar-refractivity contribution in [3.8, 4) is 17.6 Å². The van der Waals surface area contributed by atoms with Gasteiger partial charge in [-0.05, 0) is 31.2 Å². The second kappa shape index (κ2) is 10.2. The van der Waals surface area contributed by atoms with Gasteiger partial charge in [0.2, 0.25) is 0 Å². The van der Waals surface area contributed by atoms with Crippen molar-refractivity contribution in [2.75, 3.05) is 24.3 Å². The molecule has 0 radical (unpaired) electrons. The molecule has 11 heteroatoms. The zero-order valence-corrected chi connectivity index (χ0v) is 19.0. The lowest BCUT2D eigenvalue weighted by Gasteiger charge is -2.15. The molecular formula is C23H21ClFN7O2. The number of ether oxygens (including phenoxy) is 2. The van der Waals surface area contributed by atoms with Crippen LogP contribution in [0.25, 0.3) is 10.9 Å². The molecule has 0 amide bonds. The summed E-state index contributed by atoms with van der Waals surface area (Å²) in [6.45, 7) is 2.09. The van der Waals surface area contributed by atoms with E-state index in [9.17, 15) is 9.65 Å². The fourth-order valence-electron chi connectivity index (χ4n) is 3.33. The largest absolute Gasteiger partial charge is 0.492 e. The van der Waals surface area contributed by atoms with E-state index in [4.69, 9.17) is 26.8 Å². The number of rotatable bonds is 9. The number of halogens is 2. The van der Waals surface area contributed by atoms with E-state index in [1.54, 1.807) is 36.5 Å². The Bertz CT molecular complexity index is 1370. The Morgan fingerprint density at radius 3 is 2.82 bits per heavy atom. The summed E-state index contributed by atoms with van der Waals surface area (Å²) in [6, 6.07) is 10.8. The number of hydrogen-bond donors (Lipinski definition) is 2. The van der Waals surface area contributed by atoms with Gasteiger partial charge in [-0.25, -0.2) is 9.07 Å². The average molecular weight is 482 g/mol. The third-order valence-electron chi connectivity index (χ3n) is 4.90. The summed E-state index contributed by atoms with van der Waals surface area (Å²) < 4.78 is 25.1. The van der Waals surface area contributed by atoms with E-state index in [1.165, 1.54) is 10.9 Å². The van der Waals surface area contributed by atoms with Crippen molar-refractivity contribution in [3.63, 3.8) is 0 Å². The molecule has 3 N–H and O–H groups in total. The van der Waals surface area contributed by atoms with Gasteiger partial charge in [-0.2, -0.15) is 5.26 Å². The number of alkyl halides is 1. The van der Waals surface area contributed by atoms with Crippen LogP contribution in [0.4, 0.5) is 21.5 Å². The number of aryl methyl sites for hydroxylation is 1. The van der Waals surface area contributed by atoms with Crippen LogP contribution in [-0.2, 0) is 13.2 Å². The molecule has 0 aliphatic heterocycles. The van der Waals surface area contributed by atoms with E-state index in [2.05, 4.69) is 26.7 Å². The fourth-order valence-corrected chi connectivity index (χ4v) is 3.56. The molecule has 2 aromatic heterocycles. The number of nitrogens with zero attached hydrogens (tertiary/aromatic N) is 5. The number of nitrogens with one attached hydrogen (secondary N) is 1. The number of benzene rings is 2. The standard InChI is InChI=1S/C23H21ClFN7O2/c1-2-33-22-9-20-17(8-19(22)27)23(14(10-26)11-28-20)29-15-3-4-21(18(24)7-15)34-13-16-12-32(6-5-25)31-30-16/h3-4,7-9,11-12H,2,5-6,13,27H2,1H3,(H,28,29).